The van der Waals surface area contributed by atoms with Crippen molar-refractivity contribution in [3.63, 3.8) is 0 Å². The van der Waals surface area contributed by atoms with Crippen molar-refractivity contribution in [2.24, 2.45) is 5.92 Å². The van der Waals surface area contributed by atoms with Crippen molar-refractivity contribution in [3.8, 4) is 0 Å². The van der Waals surface area contributed by atoms with Gasteiger partial charge in [-0.2, -0.15) is 0 Å². The van der Waals surface area contributed by atoms with Gasteiger partial charge in [-0.05, 0) is 18.1 Å². The molecule has 3 nitrogen and oxygen atoms in total. The summed E-state index contributed by atoms with van der Waals surface area (Å²) in [7, 11) is 0. The Labute approximate surface area is 77.4 Å². The predicted octanol–water partition coefficient (Wildman–Crippen LogP) is 1.45. The summed E-state index contributed by atoms with van der Waals surface area (Å²) in [5, 5.41) is 0. The van der Waals surface area contributed by atoms with Crippen molar-refractivity contribution in [1.29, 1.82) is 0 Å². The third-order valence-corrected chi connectivity index (χ3v) is 2.24. The molecule has 1 saturated heterocycles. The smallest absolute Gasteiger partial charge is 0.228 e. The van der Waals surface area contributed by atoms with E-state index in [0.717, 1.165) is 12.4 Å². The van der Waals surface area contributed by atoms with Crippen molar-refractivity contribution < 1.29 is 4.79 Å². The fraction of sp³-hybridized carbons (Fsp3) is 0.400. The van der Waals surface area contributed by atoms with Crippen LogP contribution in [0, 0.1) is 5.92 Å². The Morgan fingerprint density at radius 1 is 1.54 bits per heavy atom. The van der Waals surface area contributed by atoms with Crippen LogP contribution in [0.15, 0.2) is 24.4 Å². The van der Waals surface area contributed by atoms with E-state index >= 15 is 0 Å². The molecule has 2 rings (SSSR count). The quantitative estimate of drug-likeness (QED) is 0.649. The van der Waals surface area contributed by atoms with Gasteiger partial charge >= 0.3 is 0 Å². The maximum absolute atomic E-state index is 11.5. The maximum Gasteiger partial charge on any atom is 0.228 e. The lowest BCUT2D eigenvalue weighted by Gasteiger charge is -2.13. The zero-order valence-corrected chi connectivity index (χ0v) is 7.60. The van der Waals surface area contributed by atoms with Crippen LogP contribution in [0.2, 0.25) is 0 Å². The summed E-state index contributed by atoms with van der Waals surface area (Å²) in [5.74, 6) is 1.41. The second kappa shape index (κ2) is 3.17. The zero-order chi connectivity index (χ0) is 9.26. The van der Waals surface area contributed by atoms with Crippen LogP contribution in [0.3, 0.4) is 0 Å². The lowest BCUT2D eigenvalue weighted by atomic mass is 10.2. The van der Waals surface area contributed by atoms with Gasteiger partial charge in [-0.3, -0.25) is 9.69 Å². The van der Waals surface area contributed by atoms with Gasteiger partial charge in [0.25, 0.3) is 0 Å². The van der Waals surface area contributed by atoms with Gasteiger partial charge in [0.2, 0.25) is 5.91 Å². The summed E-state index contributed by atoms with van der Waals surface area (Å²) in [4.78, 5) is 17.4. The molecule has 2 heterocycles. The average molecular weight is 176 g/mol. The molecule has 0 aromatic carbocycles. The van der Waals surface area contributed by atoms with Gasteiger partial charge in [-0.1, -0.05) is 13.0 Å². The van der Waals surface area contributed by atoms with E-state index in [9.17, 15) is 4.79 Å². The fourth-order valence-corrected chi connectivity index (χ4v) is 1.62. The number of anilines is 1. The number of carbonyl (C=O) groups is 1. The van der Waals surface area contributed by atoms with Crippen molar-refractivity contribution in [3.05, 3.63) is 24.4 Å². The maximum atomic E-state index is 11.5. The molecule has 1 amide bonds. The first-order valence-corrected chi connectivity index (χ1v) is 4.49. The van der Waals surface area contributed by atoms with Gasteiger partial charge in [-0.15, -0.1) is 0 Å². The van der Waals surface area contributed by atoms with Crippen LogP contribution in [0.5, 0.6) is 0 Å². The van der Waals surface area contributed by atoms with E-state index in [4.69, 9.17) is 0 Å². The predicted molar refractivity (Wildman–Crippen MR) is 50.4 cm³/mol. The van der Waals surface area contributed by atoms with Crippen LogP contribution in [0.4, 0.5) is 5.82 Å². The molecule has 1 fully saturated rings. The molecule has 1 aromatic rings. The Kier molecular flexibility index (Phi) is 2.00. The number of hydrogen-bond donors (Lipinski definition) is 0. The molecule has 1 aliphatic rings. The molecule has 1 atom stereocenters. The standard InChI is InChI=1S/C10H12N2O/c1-8-6-10(13)12(7-8)9-4-2-3-5-11-9/h2-5,8H,6-7H2,1H3. The highest BCUT2D eigenvalue weighted by molar-refractivity contribution is 5.94. The van der Waals surface area contributed by atoms with E-state index in [2.05, 4.69) is 11.9 Å². The Morgan fingerprint density at radius 3 is 2.92 bits per heavy atom. The first-order valence-electron chi connectivity index (χ1n) is 4.49. The lowest BCUT2D eigenvalue weighted by Crippen LogP contribution is -2.25. The molecule has 0 spiro atoms. The summed E-state index contributed by atoms with van der Waals surface area (Å²) >= 11 is 0. The fourth-order valence-electron chi connectivity index (χ4n) is 1.62. The molecule has 1 aliphatic heterocycles. The SMILES string of the molecule is CC1CC(=O)N(c2ccccn2)C1. The third kappa shape index (κ3) is 1.54. The van der Waals surface area contributed by atoms with Crippen LogP contribution >= 0.6 is 0 Å². The number of carbonyl (C=O) groups excluding carboxylic acids is 1. The largest absolute Gasteiger partial charge is 0.297 e. The highest BCUT2D eigenvalue weighted by Gasteiger charge is 2.27. The van der Waals surface area contributed by atoms with E-state index < -0.39 is 0 Å². The third-order valence-electron chi connectivity index (χ3n) is 2.24. The van der Waals surface area contributed by atoms with Gasteiger partial charge in [-0.25, -0.2) is 4.98 Å². The van der Waals surface area contributed by atoms with Crippen LogP contribution in [0.1, 0.15) is 13.3 Å². The van der Waals surface area contributed by atoms with Crippen LogP contribution in [0.25, 0.3) is 0 Å². The minimum atomic E-state index is 0.186. The van der Waals surface area contributed by atoms with Gasteiger partial charge in [0.15, 0.2) is 0 Å². The van der Waals surface area contributed by atoms with Crippen molar-refractivity contribution in [2.45, 2.75) is 13.3 Å². The summed E-state index contributed by atoms with van der Waals surface area (Å²) in [5.41, 5.74) is 0. The molecule has 1 unspecified atom stereocenters. The van der Waals surface area contributed by atoms with E-state index in [-0.39, 0.29) is 5.91 Å². The van der Waals surface area contributed by atoms with E-state index in [1.54, 1.807) is 11.1 Å². The van der Waals surface area contributed by atoms with Gasteiger partial charge in [0.05, 0.1) is 0 Å². The zero-order valence-electron chi connectivity index (χ0n) is 7.60. The first-order chi connectivity index (χ1) is 6.27. The molecular formula is C10H12N2O. The van der Waals surface area contributed by atoms with Crippen LogP contribution in [-0.2, 0) is 4.79 Å². The van der Waals surface area contributed by atoms with Crippen molar-refractivity contribution in [1.82, 2.24) is 4.98 Å². The van der Waals surface area contributed by atoms with Gasteiger partial charge < -0.3 is 0 Å². The Morgan fingerprint density at radius 2 is 2.38 bits per heavy atom. The summed E-state index contributed by atoms with van der Waals surface area (Å²) in [6.07, 6.45) is 2.36. The van der Waals surface area contributed by atoms with E-state index in [1.165, 1.54) is 0 Å². The number of nitrogens with zero attached hydrogens (tertiary/aromatic N) is 2. The van der Waals surface area contributed by atoms with E-state index in [1.807, 2.05) is 18.2 Å². The average Bonchev–Trinajstić information content (AvgIpc) is 2.47. The molecule has 0 radical (unpaired) electrons. The second-order valence-electron chi connectivity index (χ2n) is 3.50. The van der Waals surface area contributed by atoms with Crippen molar-refractivity contribution in [2.75, 3.05) is 11.4 Å². The Bertz CT molecular complexity index is 310. The monoisotopic (exact) mass is 176 g/mol. The minimum Gasteiger partial charge on any atom is -0.297 e. The van der Waals surface area contributed by atoms with Gasteiger partial charge in [0, 0.05) is 19.2 Å². The number of rotatable bonds is 1. The molecule has 13 heavy (non-hydrogen) atoms. The van der Waals surface area contributed by atoms with E-state index in [0.29, 0.717) is 12.3 Å². The summed E-state index contributed by atoms with van der Waals surface area (Å²) in [6, 6.07) is 5.63. The molecular weight excluding hydrogens is 164 g/mol. The molecule has 0 bridgehead atoms. The highest BCUT2D eigenvalue weighted by Crippen LogP contribution is 2.21. The normalized spacial score (nSPS) is 22.4. The Balaban J connectivity index is 2.23. The summed E-state index contributed by atoms with van der Waals surface area (Å²) < 4.78 is 0. The first kappa shape index (κ1) is 8.23. The molecule has 0 N–H and O–H groups in total. The molecule has 68 valence electrons. The topological polar surface area (TPSA) is 33.2 Å². The molecule has 3 heteroatoms. The van der Waals surface area contributed by atoms with Gasteiger partial charge in [0.1, 0.15) is 5.82 Å². The summed E-state index contributed by atoms with van der Waals surface area (Å²) in [6.45, 7) is 2.89. The van der Waals surface area contributed by atoms with Crippen molar-refractivity contribution >= 4 is 11.7 Å². The lowest BCUT2D eigenvalue weighted by molar-refractivity contribution is -0.117. The highest BCUT2D eigenvalue weighted by atomic mass is 16.2. The van der Waals surface area contributed by atoms with Crippen LogP contribution in [-0.4, -0.2) is 17.4 Å². The number of hydrogen-bond acceptors (Lipinski definition) is 2. The minimum absolute atomic E-state index is 0.186. The number of pyridine rings is 1. The van der Waals surface area contributed by atoms with Crippen LogP contribution < -0.4 is 4.90 Å². The number of amides is 1. The second-order valence-corrected chi connectivity index (χ2v) is 3.50. The molecule has 0 saturated carbocycles. The number of aromatic nitrogens is 1. The Hall–Kier alpha value is -1.38. The molecule has 0 aliphatic carbocycles. The molecule has 1 aromatic heterocycles.